The number of hydrogen-bond donors (Lipinski definition) is 11. The minimum atomic E-state index is -1.24. The van der Waals surface area contributed by atoms with Gasteiger partial charge in [-0.3, -0.25) is 29.0 Å². The van der Waals surface area contributed by atoms with Gasteiger partial charge < -0.3 is 59.1 Å². The molecule has 5 atom stereocenters. The molecular formula is C38H57N9O9. The summed E-state index contributed by atoms with van der Waals surface area (Å²) in [4.78, 5) is 82.5. The summed E-state index contributed by atoms with van der Waals surface area (Å²) in [5.41, 5.74) is 17.9. The average molecular weight is 784 g/mol. The van der Waals surface area contributed by atoms with Crippen LogP contribution in [-0.2, 0) is 41.6 Å². The van der Waals surface area contributed by atoms with Crippen LogP contribution < -0.4 is 43.8 Å². The molecule has 18 nitrogen and oxygen atoms in total. The number of phenolic OH excluding ortho intramolecular Hbond substituents is 2. The number of nitrogens with two attached hydrogens (primary N) is 3. The fourth-order valence-electron chi connectivity index (χ4n) is 5.56. The average Bonchev–Trinajstić information content (AvgIpc) is 3.12. The SMILES string of the molecule is CC(C)CC(NC(=O)[C@H](Cc1ccc(O)cc1)NC(=O)CNC(=O)[C@H](CC(C)C)NC(=O)[C@H](Cc1ccc(O)cc1)NC(=O)[C@@H](N)CCCN=C(N)N)C(=O)O. The molecular weight excluding hydrogens is 726 g/mol. The summed E-state index contributed by atoms with van der Waals surface area (Å²) < 4.78 is 0. The van der Waals surface area contributed by atoms with Crippen LogP contribution in [0.1, 0.15) is 64.5 Å². The van der Waals surface area contributed by atoms with Crippen molar-refractivity contribution in [3.63, 3.8) is 0 Å². The molecule has 0 aromatic heterocycles. The lowest BCUT2D eigenvalue weighted by Gasteiger charge is -2.25. The smallest absolute Gasteiger partial charge is 0.326 e. The van der Waals surface area contributed by atoms with Gasteiger partial charge in [-0.2, -0.15) is 0 Å². The highest BCUT2D eigenvalue weighted by Crippen LogP contribution is 2.14. The molecule has 56 heavy (non-hydrogen) atoms. The topological polar surface area (TPSA) is 314 Å². The zero-order valence-electron chi connectivity index (χ0n) is 32.3. The summed E-state index contributed by atoms with van der Waals surface area (Å²) >= 11 is 0. The molecule has 14 N–H and O–H groups in total. The van der Waals surface area contributed by atoms with Crippen LogP contribution in [-0.4, -0.2) is 100 Å². The van der Waals surface area contributed by atoms with Gasteiger partial charge in [0.15, 0.2) is 5.96 Å². The summed E-state index contributed by atoms with van der Waals surface area (Å²) in [7, 11) is 0. The van der Waals surface area contributed by atoms with Gasteiger partial charge >= 0.3 is 5.97 Å². The van der Waals surface area contributed by atoms with Crippen molar-refractivity contribution in [1.82, 2.24) is 26.6 Å². The van der Waals surface area contributed by atoms with Gasteiger partial charge in [0.1, 0.15) is 35.7 Å². The first kappa shape index (κ1) is 46.2. The quantitative estimate of drug-likeness (QED) is 0.0386. The van der Waals surface area contributed by atoms with Gasteiger partial charge in [0.2, 0.25) is 29.5 Å². The number of carboxylic acid groups (broad SMARTS) is 1. The van der Waals surface area contributed by atoms with E-state index in [2.05, 4.69) is 31.6 Å². The second-order valence-electron chi connectivity index (χ2n) is 14.4. The minimum Gasteiger partial charge on any atom is -0.508 e. The number of aliphatic imine (C=N–C) groups is 1. The Labute approximate surface area is 326 Å². The van der Waals surface area contributed by atoms with Gasteiger partial charge in [-0.25, -0.2) is 4.79 Å². The molecule has 5 amide bonds. The predicted octanol–water partition coefficient (Wildman–Crippen LogP) is -0.504. The maximum absolute atomic E-state index is 13.7. The number of guanidine groups is 1. The highest BCUT2D eigenvalue weighted by molar-refractivity contribution is 5.95. The van der Waals surface area contributed by atoms with E-state index in [1.54, 1.807) is 38.1 Å². The summed E-state index contributed by atoms with van der Waals surface area (Å²) in [6, 6.07) is 6.12. The number of hydrogen-bond acceptors (Lipinski definition) is 10. The maximum atomic E-state index is 13.7. The van der Waals surface area contributed by atoms with E-state index in [0.29, 0.717) is 17.5 Å². The molecule has 0 aliphatic rings. The van der Waals surface area contributed by atoms with Crippen molar-refractivity contribution in [3.8, 4) is 11.5 Å². The second-order valence-corrected chi connectivity index (χ2v) is 14.4. The van der Waals surface area contributed by atoms with Gasteiger partial charge in [-0.15, -0.1) is 0 Å². The van der Waals surface area contributed by atoms with Crippen LogP contribution in [0, 0.1) is 11.8 Å². The molecule has 0 fully saturated rings. The molecule has 0 bridgehead atoms. The number of rotatable bonds is 23. The molecule has 0 saturated heterocycles. The highest BCUT2D eigenvalue weighted by atomic mass is 16.4. The molecule has 0 heterocycles. The van der Waals surface area contributed by atoms with Crippen molar-refractivity contribution in [2.45, 2.75) is 96.4 Å². The molecule has 308 valence electrons. The lowest BCUT2D eigenvalue weighted by molar-refractivity contribution is -0.142. The van der Waals surface area contributed by atoms with Crippen molar-refractivity contribution in [2.75, 3.05) is 13.1 Å². The minimum absolute atomic E-state index is 0.00201. The first-order valence-electron chi connectivity index (χ1n) is 18.4. The van der Waals surface area contributed by atoms with E-state index in [1.165, 1.54) is 24.3 Å². The number of phenols is 2. The Balaban J connectivity index is 2.20. The van der Waals surface area contributed by atoms with Gasteiger partial charge in [-0.1, -0.05) is 52.0 Å². The molecule has 18 heteroatoms. The molecule has 0 radical (unpaired) electrons. The fraction of sp³-hybridized carbons (Fsp3) is 0.500. The molecule has 0 aliphatic carbocycles. The van der Waals surface area contributed by atoms with E-state index in [1.807, 2.05) is 13.8 Å². The van der Waals surface area contributed by atoms with Gasteiger partial charge in [0, 0.05) is 19.4 Å². The maximum Gasteiger partial charge on any atom is 0.326 e. The highest BCUT2D eigenvalue weighted by Gasteiger charge is 2.31. The molecule has 1 unspecified atom stereocenters. The zero-order chi connectivity index (χ0) is 41.9. The van der Waals surface area contributed by atoms with Crippen molar-refractivity contribution < 1.29 is 44.1 Å². The number of carbonyl (C=O) groups excluding carboxylic acids is 5. The molecule has 0 aliphatic heterocycles. The summed E-state index contributed by atoms with van der Waals surface area (Å²) in [6.07, 6.45) is 0.844. The number of carbonyl (C=O) groups is 6. The number of nitrogens with one attached hydrogen (secondary N) is 5. The van der Waals surface area contributed by atoms with Crippen LogP contribution in [0.3, 0.4) is 0 Å². The normalized spacial score (nSPS) is 13.7. The van der Waals surface area contributed by atoms with E-state index in [-0.39, 0.29) is 67.9 Å². The van der Waals surface area contributed by atoms with Crippen LogP contribution in [0.15, 0.2) is 53.5 Å². The van der Waals surface area contributed by atoms with Crippen LogP contribution in [0.25, 0.3) is 0 Å². The van der Waals surface area contributed by atoms with E-state index in [4.69, 9.17) is 17.2 Å². The molecule has 2 rings (SSSR count). The number of aliphatic carboxylic acids is 1. The standard InChI is InChI=1S/C38H57N9O9/c1-21(2)16-28(46-36(54)30(19-24-9-13-26(49)14-10-24)45-33(51)27(39)6-5-15-42-38(40)41)34(52)43-20-32(50)44-29(18-23-7-11-25(48)12-8-23)35(53)47-31(37(55)56)17-22(3)4/h7-14,21-22,27-31,48-49H,5-6,15-20,39H2,1-4H3,(H,43,52)(H,44,50)(H,45,51)(H,46,54)(H,47,53)(H,55,56)(H4,40,41,42)/t27-,28-,29-,30-,31?/m0/s1. The zero-order valence-corrected chi connectivity index (χ0v) is 32.3. The number of benzene rings is 2. The van der Waals surface area contributed by atoms with E-state index < -0.39 is 72.3 Å². The van der Waals surface area contributed by atoms with Crippen molar-refractivity contribution in [2.24, 2.45) is 34.0 Å². The number of carboxylic acids is 1. The van der Waals surface area contributed by atoms with Gasteiger partial charge in [0.05, 0.1) is 12.6 Å². The van der Waals surface area contributed by atoms with Crippen LogP contribution in [0.2, 0.25) is 0 Å². The summed E-state index contributed by atoms with van der Waals surface area (Å²) in [5.74, 6) is -5.07. The predicted molar refractivity (Wildman–Crippen MR) is 209 cm³/mol. The van der Waals surface area contributed by atoms with E-state index in [0.717, 1.165) is 0 Å². The molecule has 0 saturated carbocycles. The van der Waals surface area contributed by atoms with E-state index >= 15 is 0 Å². The number of nitrogens with zero attached hydrogens (tertiary/aromatic N) is 1. The Morgan fingerprint density at radius 3 is 1.55 bits per heavy atom. The third kappa shape index (κ3) is 17.5. The number of amides is 5. The third-order valence-electron chi connectivity index (χ3n) is 8.43. The Morgan fingerprint density at radius 2 is 1.09 bits per heavy atom. The van der Waals surface area contributed by atoms with E-state index in [9.17, 15) is 44.1 Å². The largest absolute Gasteiger partial charge is 0.508 e. The summed E-state index contributed by atoms with van der Waals surface area (Å²) in [6.45, 7) is 6.91. The van der Waals surface area contributed by atoms with Gasteiger partial charge in [-0.05, 0) is 72.9 Å². The first-order valence-corrected chi connectivity index (χ1v) is 18.4. The molecule has 0 spiro atoms. The van der Waals surface area contributed by atoms with Crippen molar-refractivity contribution in [1.29, 1.82) is 0 Å². The second kappa shape index (κ2) is 23.1. The molecule has 2 aromatic carbocycles. The Kier molecular flexibility index (Phi) is 19.1. The van der Waals surface area contributed by atoms with Crippen LogP contribution in [0.5, 0.6) is 11.5 Å². The first-order chi connectivity index (χ1) is 26.3. The van der Waals surface area contributed by atoms with Crippen molar-refractivity contribution >= 4 is 41.5 Å². The lowest BCUT2D eigenvalue weighted by Crippen LogP contribution is -2.57. The Bertz CT molecular complexity index is 1650. The molecule has 2 aromatic rings. The lowest BCUT2D eigenvalue weighted by atomic mass is 10.0. The van der Waals surface area contributed by atoms with Crippen molar-refractivity contribution in [3.05, 3.63) is 59.7 Å². The van der Waals surface area contributed by atoms with Gasteiger partial charge in [0.25, 0.3) is 0 Å². The Hall–Kier alpha value is -5.91. The summed E-state index contributed by atoms with van der Waals surface area (Å²) in [5, 5.41) is 41.9. The van der Waals surface area contributed by atoms with Crippen LogP contribution in [0.4, 0.5) is 0 Å². The fourth-order valence-corrected chi connectivity index (χ4v) is 5.56. The number of aromatic hydroxyl groups is 2. The monoisotopic (exact) mass is 783 g/mol. The Morgan fingerprint density at radius 1 is 0.643 bits per heavy atom. The van der Waals surface area contributed by atoms with Crippen LogP contribution >= 0.6 is 0 Å². The third-order valence-corrected chi connectivity index (χ3v) is 8.43.